The molecule has 1 N–H and O–H groups in total. The summed E-state index contributed by atoms with van der Waals surface area (Å²) in [5, 5.41) is 12.0. The predicted octanol–water partition coefficient (Wildman–Crippen LogP) is 2.85. The molecule has 1 aromatic carbocycles. The van der Waals surface area contributed by atoms with Crippen LogP contribution in [0, 0.1) is 11.3 Å². The summed E-state index contributed by atoms with van der Waals surface area (Å²) < 4.78 is 5.78. The molecule has 0 saturated heterocycles. The molecule has 0 radical (unpaired) electrons. The Labute approximate surface area is 130 Å². The number of nitrogens with zero attached hydrogens (tertiary/aromatic N) is 2. The highest BCUT2D eigenvalue weighted by molar-refractivity contribution is 9.10. The van der Waals surface area contributed by atoms with Crippen molar-refractivity contribution in [3.63, 3.8) is 0 Å². The number of benzene rings is 1. The fourth-order valence-corrected chi connectivity index (χ4v) is 2.27. The van der Waals surface area contributed by atoms with E-state index in [0.29, 0.717) is 15.8 Å². The Morgan fingerprint density at radius 3 is 2.81 bits per heavy atom. The van der Waals surface area contributed by atoms with Crippen molar-refractivity contribution >= 4 is 21.8 Å². The quantitative estimate of drug-likeness (QED) is 0.924. The number of nitrogens with one attached hydrogen (secondary N) is 1. The summed E-state index contributed by atoms with van der Waals surface area (Å²) in [7, 11) is 1.52. The summed E-state index contributed by atoms with van der Waals surface area (Å²) in [5.41, 5.74) is 0.829. The van der Waals surface area contributed by atoms with Crippen molar-refractivity contribution in [3.8, 4) is 11.8 Å². The van der Waals surface area contributed by atoms with Crippen LogP contribution in [0.1, 0.15) is 22.1 Å². The zero-order valence-electron chi connectivity index (χ0n) is 11.2. The third kappa shape index (κ3) is 3.38. The third-order valence-electron chi connectivity index (χ3n) is 2.83. The minimum absolute atomic E-state index is 0.229. The Hall–Kier alpha value is -2.39. The second-order valence-corrected chi connectivity index (χ2v) is 4.97. The molecule has 1 aromatic heterocycles. The number of pyridine rings is 1. The normalized spacial score (nSPS) is 11.3. The molecule has 0 aliphatic rings. The van der Waals surface area contributed by atoms with Gasteiger partial charge in [-0.25, -0.2) is 4.98 Å². The van der Waals surface area contributed by atoms with E-state index in [1.165, 1.54) is 13.3 Å². The topological polar surface area (TPSA) is 75.0 Å². The maximum atomic E-state index is 12.2. The van der Waals surface area contributed by atoms with E-state index in [1.807, 2.05) is 0 Å². The lowest BCUT2D eigenvalue weighted by Crippen LogP contribution is -2.28. The molecule has 0 unspecified atom stereocenters. The largest absolute Gasteiger partial charge is 0.496 e. The molecular weight excluding hydrogens is 334 g/mol. The van der Waals surface area contributed by atoms with Gasteiger partial charge in [-0.3, -0.25) is 4.79 Å². The number of para-hydroxylation sites is 1. The molecule has 0 bridgehead atoms. The molecule has 0 fully saturated rings. The van der Waals surface area contributed by atoms with Gasteiger partial charge in [0.2, 0.25) is 0 Å². The molecule has 0 aliphatic carbocycles. The third-order valence-corrected chi connectivity index (χ3v) is 3.47. The van der Waals surface area contributed by atoms with Gasteiger partial charge in [0, 0.05) is 16.2 Å². The summed E-state index contributed by atoms with van der Waals surface area (Å²) >= 11 is 3.26. The van der Waals surface area contributed by atoms with Crippen LogP contribution in [0.5, 0.6) is 5.75 Å². The lowest BCUT2D eigenvalue weighted by molar-refractivity contribution is 0.0939. The number of amides is 1. The minimum atomic E-state index is -0.817. The second-order valence-electron chi connectivity index (χ2n) is 4.11. The lowest BCUT2D eigenvalue weighted by Gasteiger charge is -2.15. The minimum Gasteiger partial charge on any atom is -0.496 e. The van der Waals surface area contributed by atoms with Crippen LogP contribution in [-0.2, 0) is 0 Å². The van der Waals surface area contributed by atoms with Gasteiger partial charge >= 0.3 is 0 Å². The Morgan fingerprint density at radius 2 is 2.14 bits per heavy atom. The van der Waals surface area contributed by atoms with Crippen molar-refractivity contribution in [2.75, 3.05) is 7.11 Å². The first-order valence-corrected chi connectivity index (χ1v) is 6.90. The van der Waals surface area contributed by atoms with Crippen molar-refractivity contribution in [1.29, 1.82) is 5.26 Å². The van der Waals surface area contributed by atoms with Crippen LogP contribution in [0.4, 0.5) is 0 Å². The standard InChI is InChI=1S/C15H12BrN3O2/c1-21-13-7-3-2-5-10(13)12(9-17)19-15(20)14-11(16)6-4-8-18-14/h2-8,12H,1H3,(H,19,20)/t12-/m0/s1. The van der Waals surface area contributed by atoms with E-state index < -0.39 is 11.9 Å². The van der Waals surface area contributed by atoms with Gasteiger partial charge in [0.1, 0.15) is 17.5 Å². The van der Waals surface area contributed by atoms with Crippen LogP contribution in [0.3, 0.4) is 0 Å². The molecule has 0 saturated carbocycles. The number of hydrogen-bond donors (Lipinski definition) is 1. The van der Waals surface area contributed by atoms with Crippen LogP contribution in [0.15, 0.2) is 47.1 Å². The van der Waals surface area contributed by atoms with Crippen LogP contribution in [0.25, 0.3) is 0 Å². The van der Waals surface area contributed by atoms with Crippen LogP contribution < -0.4 is 10.1 Å². The Kier molecular flexibility index (Phi) is 4.90. The van der Waals surface area contributed by atoms with Crippen molar-refractivity contribution in [3.05, 3.63) is 58.3 Å². The number of rotatable bonds is 4. The van der Waals surface area contributed by atoms with Crippen LogP contribution in [0.2, 0.25) is 0 Å². The van der Waals surface area contributed by atoms with E-state index in [4.69, 9.17) is 4.74 Å². The number of halogens is 1. The molecule has 5 nitrogen and oxygen atoms in total. The highest BCUT2D eigenvalue weighted by atomic mass is 79.9. The Bertz CT molecular complexity index is 697. The van der Waals surface area contributed by atoms with Crippen LogP contribution in [-0.4, -0.2) is 18.0 Å². The van der Waals surface area contributed by atoms with E-state index in [9.17, 15) is 10.1 Å². The SMILES string of the molecule is COc1ccccc1[C@H](C#N)NC(=O)c1ncccc1Br. The number of aromatic nitrogens is 1. The number of ether oxygens (including phenoxy) is 1. The van der Waals surface area contributed by atoms with Crippen molar-refractivity contribution in [2.45, 2.75) is 6.04 Å². The van der Waals surface area contributed by atoms with Gasteiger partial charge in [0.25, 0.3) is 5.91 Å². The average molecular weight is 346 g/mol. The molecule has 106 valence electrons. The summed E-state index contributed by atoms with van der Waals surface area (Å²) in [6, 6.07) is 11.7. The number of carbonyl (C=O) groups excluding carboxylic acids is 1. The number of methoxy groups -OCH3 is 1. The van der Waals surface area contributed by atoms with Crippen molar-refractivity contribution in [1.82, 2.24) is 10.3 Å². The molecule has 0 spiro atoms. The zero-order valence-corrected chi connectivity index (χ0v) is 12.8. The number of carbonyl (C=O) groups is 1. The summed E-state index contributed by atoms with van der Waals surface area (Å²) in [5.74, 6) is 0.115. The van der Waals surface area contributed by atoms with E-state index in [-0.39, 0.29) is 5.69 Å². The van der Waals surface area contributed by atoms with Crippen molar-refractivity contribution in [2.24, 2.45) is 0 Å². The molecule has 0 aliphatic heterocycles. The van der Waals surface area contributed by atoms with Gasteiger partial charge in [-0.15, -0.1) is 0 Å². The molecule has 6 heteroatoms. The lowest BCUT2D eigenvalue weighted by atomic mass is 10.1. The van der Waals surface area contributed by atoms with Gasteiger partial charge in [-0.1, -0.05) is 18.2 Å². The first-order valence-electron chi connectivity index (χ1n) is 6.11. The van der Waals surface area contributed by atoms with Gasteiger partial charge in [-0.05, 0) is 34.1 Å². The Morgan fingerprint density at radius 1 is 1.38 bits per heavy atom. The van der Waals surface area contributed by atoms with Crippen molar-refractivity contribution < 1.29 is 9.53 Å². The predicted molar refractivity (Wildman–Crippen MR) is 80.8 cm³/mol. The van der Waals surface area contributed by atoms with Gasteiger partial charge in [0.15, 0.2) is 0 Å². The highest BCUT2D eigenvalue weighted by Crippen LogP contribution is 2.25. The smallest absolute Gasteiger partial charge is 0.272 e. The number of hydrogen-bond acceptors (Lipinski definition) is 4. The fourth-order valence-electron chi connectivity index (χ4n) is 1.84. The Balaban J connectivity index is 2.26. The summed E-state index contributed by atoms with van der Waals surface area (Å²) in [6.45, 7) is 0. The fraction of sp³-hybridized carbons (Fsp3) is 0.133. The maximum absolute atomic E-state index is 12.2. The number of nitriles is 1. The molecule has 21 heavy (non-hydrogen) atoms. The molecule has 1 heterocycles. The summed E-state index contributed by atoms with van der Waals surface area (Å²) in [4.78, 5) is 16.2. The molecule has 1 atom stereocenters. The average Bonchev–Trinajstić information content (AvgIpc) is 2.52. The first-order chi connectivity index (χ1) is 10.2. The zero-order chi connectivity index (χ0) is 15.2. The van der Waals surface area contributed by atoms with E-state index in [2.05, 4.69) is 32.3 Å². The van der Waals surface area contributed by atoms with Gasteiger partial charge in [0.05, 0.1) is 13.2 Å². The van der Waals surface area contributed by atoms with Gasteiger partial charge in [-0.2, -0.15) is 5.26 Å². The first kappa shape index (κ1) is 15.0. The second kappa shape index (κ2) is 6.86. The van der Waals surface area contributed by atoms with E-state index >= 15 is 0 Å². The summed E-state index contributed by atoms with van der Waals surface area (Å²) in [6.07, 6.45) is 1.52. The van der Waals surface area contributed by atoms with E-state index in [1.54, 1.807) is 36.4 Å². The van der Waals surface area contributed by atoms with Crippen LogP contribution >= 0.6 is 15.9 Å². The molecule has 2 aromatic rings. The highest BCUT2D eigenvalue weighted by Gasteiger charge is 2.20. The van der Waals surface area contributed by atoms with Gasteiger partial charge < -0.3 is 10.1 Å². The monoisotopic (exact) mass is 345 g/mol. The molecular formula is C15H12BrN3O2. The van der Waals surface area contributed by atoms with E-state index in [0.717, 1.165) is 0 Å². The molecule has 1 amide bonds. The maximum Gasteiger partial charge on any atom is 0.272 e. The molecule has 2 rings (SSSR count).